The third-order valence-corrected chi connectivity index (χ3v) is 3.24. The van der Waals surface area contributed by atoms with Crippen LogP contribution in [0.25, 0.3) is 0 Å². The maximum atomic E-state index is 10.5. The molecule has 1 saturated heterocycles. The first-order chi connectivity index (χ1) is 8.65. The van der Waals surface area contributed by atoms with Crippen LogP contribution in [0.15, 0.2) is 18.3 Å². The van der Waals surface area contributed by atoms with Gasteiger partial charge in [0.05, 0.1) is 6.42 Å². The second kappa shape index (κ2) is 10.9. The maximum absolute atomic E-state index is 10.5. The molecule has 1 aromatic heterocycles. The van der Waals surface area contributed by atoms with Crippen molar-refractivity contribution in [3.8, 4) is 0 Å². The molecule has 0 atom stereocenters. The van der Waals surface area contributed by atoms with Gasteiger partial charge in [0.25, 0.3) is 0 Å². The maximum Gasteiger partial charge on any atom is 0.304 e. The third kappa shape index (κ3) is 7.18. The number of piperazine rings is 1. The van der Waals surface area contributed by atoms with Crippen LogP contribution in [0.5, 0.6) is 0 Å². The number of aryl methyl sites for hydroxylation is 1. The van der Waals surface area contributed by atoms with Gasteiger partial charge in [-0.15, -0.1) is 37.2 Å². The Morgan fingerprint density at radius 2 is 1.86 bits per heavy atom. The molecule has 122 valence electrons. The van der Waals surface area contributed by atoms with E-state index < -0.39 is 5.97 Å². The summed E-state index contributed by atoms with van der Waals surface area (Å²) in [4.78, 5) is 19.3. The fraction of sp³-hybridized carbons (Fsp3) is 0.538. The first kappa shape index (κ1) is 22.5. The quantitative estimate of drug-likeness (QED) is 0.894. The Morgan fingerprint density at radius 1 is 1.24 bits per heavy atom. The molecular formula is C13H22Cl3N3O2. The molecule has 8 heteroatoms. The van der Waals surface area contributed by atoms with Crippen LogP contribution in [0.3, 0.4) is 0 Å². The average molecular weight is 359 g/mol. The topological polar surface area (TPSA) is 56.7 Å². The zero-order valence-corrected chi connectivity index (χ0v) is 14.3. The molecule has 1 aliphatic rings. The molecule has 0 unspecified atom stereocenters. The largest absolute Gasteiger partial charge is 0.481 e. The van der Waals surface area contributed by atoms with Crippen LogP contribution in [-0.2, 0) is 4.79 Å². The number of hydrogen-bond donors (Lipinski definition) is 1. The molecule has 0 amide bonds. The number of hydrogen-bond acceptors (Lipinski definition) is 4. The molecule has 1 N–H and O–H groups in total. The lowest BCUT2D eigenvalue weighted by Crippen LogP contribution is -2.47. The Kier molecular flexibility index (Phi) is 11.7. The zero-order valence-electron chi connectivity index (χ0n) is 11.9. The fourth-order valence-electron chi connectivity index (χ4n) is 2.15. The Hall–Kier alpha value is -0.750. The predicted molar refractivity (Wildman–Crippen MR) is 91.6 cm³/mol. The summed E-state index contributed by atoms with van der Waals surface area (Å²) < 4.78 is 0. The summed E-state index contributed by atoms with van der Waals surface area (Å²) in [5, 5.41) is 8.66. The van der Waals surface area contributed by atoms with Crippen LogP contribution in [0.1, 0.15) is 12.0 Å². The van der Waals surface area contributed by atoms with Crippen molar-refractivity contribution in [1.29, 1.82) is 0 Å². The van der Waals surface area contributed by atoms with Crippen LogP contribution in [0.2, 0.25) is 0 Å². The number of aromatic nitrogens is 1. The highest BCUT2D eigenvalue weighted by molar-refractivity contribution is 5.86. The van der Waals surface area contributed by atoms with E-state index in [-0.39, 0.29) is 43.6 Å². The number of aliphatic carboxylic acids is 1. The van der Waals surface area contributed by atoms with Crippen LogP contribution in [0, 0.1) is 6.92 Å². The summed E-state index contributed by atoms with van der Waals surface area (Å²) in [6.45, 7) is 6.34. The molecule has 0 radical (unpaired) electrons. The van der Waals surface area contributed by atoms with Gasteiger partial charge in [0.1, 0.15) is 5.82 Å². The van der Waals surface area contributed by atoms with Gasteiger partial charge < -0.3 is 10.0 Å². The van der Waals surface area contributed by atoms with Gasteiger partial charge in [-0.25, -0.2) is 4.98 Å². The minimum atomic E-state index is -0.724. The van der Waals surface area contributed by atoms with Crippen molar-refractivity contribution in [2.75, 3.05) is 37.6 Å². The standard InChI is InChI=1S/C13H19N3O2.3ClH/c1-11-2-4-14-12(10-11)16-8-6-15(7-9-16)5-3-13(17)18;;;/h2,4,10H,3,5-9H2,1H3,(H,17,18);3*1H. The van der Waals surface area contributed by atoms with Gasteiger partial charge in [-0.1, -0.05) is 0 Å². The Bertz CT molecular complexity index is 427. The monoisotopic (exact) mass is 357 g/mol. The molecule has 2 heterocycles. The van der Waals surface area contributed by atoms with Crippen molar-refractivity contribution in [2.45, 2.75) is 13.3 Å². The van der Waals surface area contributed by atoms with E-state index in [0.29, 0.717) is 6.54 Å². The minimum absolute atomic E-state index is 0. The average Bonchev–Trinajstić information content (AvgIpc) is 2.37. The van der Waals surface area contributed by atoms with Crippen LogP contribution >= 0.6 is 37.2 Å². The lowest BCUT2D eigenvalue weighted by Gasteiger charge is -2.35. The highest BCUT2D eigenvalue weighted by Crippen LogP contribution is 2.14. The number of rotatable bonds is 4. The normalized spacial score (nSPS) is 14.4. The molecule has 5 nitrogen and oxygen atoms in total. The van der Waals surface area contributed by atoms with E-state index in [1.807, 2.05) is 12.3 Å². The van der Waals surface area contributed by atoms with E-state index >= 15 is 0 Å². The van der Waals surface area contributed by atoms with Crippen LogP contribution in [-0.4, -0.2) is 53.7 Å². The molecule has 0 bridgehead atoms. The minimum Gasteiger partial charge on any atom is -0.481 e. The third-order valence-electron chi connectivity index (χ3n) is 3.24. The lowest BCUT2D eigenvalue weighted by atomic mass is 10.2. The molecule has 21 heavy (non-hydrogen) atoms. The number of anilines is 1. The van der Waals surface area contributed by atoms with Crippen molar-refractivity contribution in [3.63, 3.8) is 0 Å². The van der Waals surface area contributed by atoms with E-state index in [2.05, 4.69) is 27.8 Å². The fourth-order valence-corrected chi connectivity index (χ4v) is 2.15. The van der Waals surface area contributed by atoms with Gasteiger partial charge in [0.2, 0.25) is 0 Å². The van der Waals surface area contributed by atoms with Gasteiger partial charge >= 0.3 is 5.97 Å². The predicted octanol–water partition coefficient (Wildman–Crippen LogP) is 2.25. The first-order valence-electron chi connectivity index (χ1n) is 6.27. The first-order valence-corrected chi connectivity index (χ1v) is 6.27. The molecule has 1 fully saturated rings. The Balaban J connectivity index is 0. The lowest BCUT2D eigenvalue weighted by molar-refractivity contribution is -0.137. The molecule has 1 aromatic rings. The summed E-state index contributed by atoms with van der Waals surface area (Å²) in [5.74, 6) is 0.297. The molecule has 1 aliphatic heterocycles. The Labute approximate surface area is 143 Å². The highest BCUT2D eigenvalue weighted by Gasteiger charge is 2.18. The molecular weight excluding hydrogens is 337 g/mol. The van der Waals surface area contributed by atoms with Crippen molar-refractivity contribution in [1.82, 2.24) is 9.88 Å². The number of carboxylic acids is 1. The molecule has 2 rings (SSSR count). The van der Waals surface area contributed by atoms with E-state index in [1.54, 1.807) is 0 Å². The number of carbonyl (C=O) groups is 1. The van der Waals surface area contributed by atoms with Gasteiger partial charge in [-0.3, -0.25) is 9.69 Å². The molecule has 0 saturated carbocycles. The van der Waals surface area contributed by atoms with E-state index in [4.69, 9.17) is 5.11 Å². The molecule has 0 aliphatic carbocycles. The number of pyridine rings is 1. The van der Waals surface area contributed by atoms with E-state index in [9.17, 15) is 4.79 Å². The summed E-state index contributed by atoms with van der Waals surface area (Å²) in [7, 11) is 0. The molecule has 0 spiro atoms. The second-order valence-electron chi connectivity index (χ2n) is 4.66. The van der Waals surface area contributed by atoms with Crippen LogP contribution < -0.4 is 4.90 Å². The van der Waals surface area contributed by atoms with Gasteiger partial charge in [-0.2, -0.15) is 0 Å². The van der Waals surface area contributed by atoms with Crippen molar-refractivity contribution < 1.29 is 9.90 Å². The summed E-state index contributed by atoms with van der Waals surface area (Å²) in [6.07, 6.45) is 2.06. The van der Waals surface area contributed by atoms with Gasteiger partial charge in [0, 0.05) is 38.9 Å². The van der Waals surface area contributed by atoms with Gasteiger partial charge in [0.15, 0.2) is 0 Å². The molecule has 0 aromatic carbocycles. The number of carboxylic acid groups (broad SMARTS) is 1. The summed E-state index contributed by atoms with van der Waals surface area (Å²) in [5.41, 5.74) is 1.22. The SMILES string of the molecule is Cc1ccnc(N2CCN(CCC(=O)O)CC2)c1.Cl.Cl.Cl. The summed E-state index contributed by atoms with van der Waals surface area (Å²) in [6, 6.07) is 4.08. The smallest absolute Gasteiger partial charge is 0.304 e. The highest BCUT2D eigenvalue weighted by atomic mass is 35.5. The van der Waals surface area contributed by atoms with Gasteiger partial charge in [-0.05, 0) is 24.6 Å². The van der Waals surface area contributed by atoms with Crippen molar-refractivity contribution in [3.05, 3.63) is 23.9 Å². The number of nitrogens with zero attached hydrogens (tertiary/aromatic N) is 3. The zero-order chi connectivity index (χ0) is 13.0. The second-order valence-corrected chi connectivity index (χ2v) is 4.66. The van der Waals surface area contributed by atoms with E-state index in [1.165, 1.54) is 5.56 Å². The van der Waals surface area contributed by atoms with E-state index in [0.717, 1.165) is 32.0 Å². The van der Waals surface area contributed by atoms with Crippen molar-refractivity contribution >= 4 is 49.0 Å². The van der Waals surface area contributed by atoms with Crippen LogP contribution in [0.4, 0.5) is 5.82 Å². The summed E-state index contributed by atoms with van der Waals surface area (Å²) >= 11 is 0. The number of halogens is 3. The van der Waals surface area contributed by atoms with Crippen molar-refractivity contribution in [2.24, 2.45) is 0 Å². The Morgan fingerprint density at radius 3 is 2.38 bits per heavy atom.